The summed E-state index contributed by atoms with van der Waals surface area (Å²) < 4.78 is 5.28. The molecule has 5 heteroatoms. The maximum Gasteiger partial charge on any atom is 0.214 e. The molecule has 18 heavy (non-hydrogen) atoms. The monoisotopic (exact) mass is 248 g/mol. The number of furan rings is 1. The summed E-state index contributed by atoms with van der Waals surface area (Å²) >= 11 is 0. The number of rotatable bonds is 5. The first-order valence-electron chi connectivity index (χ1n) is 5.88. The summed E-state index contributed by atoms with van der Waals surface area (Å²) in [6.07, 6.45) is 1.94. The molecule has 1 fully saturated rings. The second-order valence-corrected chi connectivity index (χ2v) is 4.21. The molecule has 2 heterocycles. The SMILES string of the molecule is C=C(c1ccco1)C1NCN(CC)C1C(=O)C=O. The van der Waals surface area contributed by atoms with Crippen LogP contribution in [0.3, 0.4) is 0 Å². The smallest absolute Gasteiger partial charge is 0.214 e. The predicted octanol–water partition coefficient (Wildman–Crippen LogP) is 0.681. The van der Waals surface area contributed by atoms with Crippen molar-refractivity contribution >= 4 is 17.6 Å². The van der Waals surface area contributed by atoms with E-state index in [9.17, 15) is 9.59 Å². The van der Waals surface area contributed by atoms with E-state index in [1.54, 1.807) is 18.4 Å². The van der Waals surface area contributed by atoms with E-state index < -0.39 is 11.8 Å². The van der Waals surface area contributed by atoms with Gasteiger partial charge in [0.2, 0.25) is 5.78 Å². The molecule has 0 bridgehead atoms. The van der Waals surface area contributed by atoms with Crippen LogP contribution in [0.4, 0.5) is 0 Å². The van der Waals surface area contributed by atoms with Crippen molar-refractivity contribution in [3.05, 3.63) is 30.7 Å². The van der Waals surface area contributed by atoms with Gasteiger partial charge in [0.1, 0.15) is 5.76 Å². The van der Waals surface area contributed by atoms with Gasteiger partial charge in [-0.25, -0.2) is 0 Å². The minimum Gasteiger partial charge on any atom is -0.465 e. The average Bonchev–Trinajstić information content (AvgIpc) is 3.05. The molecule has 1 N–H and O–H groups in total. The number of Topliss-reactive ketones (excluding diaryl/α,β-unsaturated/α-hetero) is 1. The quantitative estimate of drug-likeness (QED) is 0.613. The molecule has 0 saturated carbocycles. The first kappa shape index (κ1) is 12.7. The summed E-state index contributed by atoms with van der Waals surface area (Å²) in [6.45, 7) is 7.17. The number of hydrogen-bond donors (Lipinski definition) is 1. The van der Waals surface area contributed by atoms with Gasteiger partial charge in [0, 0.05) is 12.2 Å². The molecule has 1 aromatic heterocycles. The van der Waals surface area contributed by atoms with Crippen LogP contribution in [0.5, 0.6) is 0 Å². The van der Waals surface area contributed by atoms with Gasteiger partial charge in [0.15, 0.2) is 6.29 Å². The van der Waals surface area contributed by atoms with E-state index in [1.165, 1.54) is 0 Å². The van der Waals surface area contributed by atoms with Crippen LogP contribution in [-0.2, 0) is 9.59 Å². The van der Waals surface area contributed by atoms with Crippen molar-refractivity contribution in [3.8, 4) is 0 Å². The molecule has 0 aliphatic carbocycles. The van der Waals surface area contributed by atoms with Gasteiger partial charge < -0.3 is 4.42 Å². The van der Waals surface area contributed by atoms with Crippen LogP contribution < -0.4 is 5.32 Å². The van der Waals surface area contributed by atoms with Crippen molar-refractivity contribution < 1.29 is 14.0 Å². The van der Waals surface area contributed by atoms with E-state index in [0.717, 1.165) is 0 Å². The van der Waals surface area contributed by atoms with Crippen molar-refractivity contribution in [2.45, 2.75) is 19.0 Å². The van der Waals surface area contributed by atoms with Crippen molar-refractivity contribution in [2.24, 2.45) is 0 Å². The molecule has 2 atom stereocenters. The van der Waals surface area contributed by atoms with Crippen LogP contribution >= 0.6 is 0 Å². The normalized spacial score (nSPS) is 24.1. The maximum absolute atomic E-state index is 11.7. The Hall–Kier alpha value is -1.72. The first-order chi connectivity index (χ1) is 8.69. The Morgan fingerprint density at radius 2 is 2.50 bits per heavy atom. The lowest BCUT2D eigenvalue weighted by Gasteiger charge is -2.23. The third-order valence-electron chi connectivity index (χ3n) is 3.25. The average molecular weight is 248 g/mol. The van der Waals surface area contributed by atoms with Crippen LogP contribution in [-0.4, -0.2) is 42.3 Å². The summed E-state index contributed by atoms with van der Waals surface area (Å²) in [5, 5.41) is 3.20. The second-order valence-electron chi connectivity index (χ2n) is 4.21. The number of hydrogen-bond acceptors (Lipinski definition) is 5. The topological polar surface area (TPSA) is 62.6 Å². The van der Waals surface area contributed by atoms with E-state index in [-0.39, 0.29) is 6.04 Å². The van der Waals surface area contributed by atoms with E-state index in [4.69, 9.17) is 4.42 Å². The van der Waals surface area contributed by atoms with Crippen LogP contribution in [0.25, 0.3) is 5.57 Å². The highest BCUT2D eigenvalue weighted by molar-refractivity contribution is 6.28. The predicted molar refractivity (Wildman–Crippen MR) is 66.8 cm³/mol. The Balaban J connectivity index is 2.24. The number of nitrogens with one attached hydrogen (secondary N) is 1. The lowest BCUT2D eigenvalue weighted by atomic mass is 9.96. The lowest BCUT2D eigenvalue weighted by Crippen LogP contribution is -2.43. The first-order valence-corrected chi connectivity index (χ1v) is 5.88. The standard InChI is InChI=1S/C13H16N2O3/c1-3-15-8-14-12(13(15)10(17)7-16)9(2)11-5-4-6-18-11/h4-7,12-14H,2-3,8H2,1H3. The summed E-state index contributed by atoms with van der Waals surface area (Å²) in [5.41, 5.74) is 0.691. The Morgan fingerprint density at radius 3 is 3.06 bits per heavy atom. The van der Waals surface area contributed by atoms with Crippen molar-refractivity contribution in [3.63, 3.8) is 0 Å². The molecule has 96 valence electrons. The molecule has 2 rings (SSSR count). The highest BCUT2D eigenvalue weighted by atomic mass is 16.3. The summed E-state index contributed by atoms with van der Waals surface area (Å²) in [7, 11) is 0. The summed E-state index contributed by atoms with van der Waals surface area (Å²) in [6, 6.07) is 2.78. The van der Waals surface area contributed by atoms with E-state index >= 15 is 0 Å². The number of aldehydes is 1. The zero-order valence-corrected chi connectivity index (χ0v) is 10.3. The van der Waals surface area contributed by atoms with Gasteiger partial charge in [-0.3, -0.25) is 19.8 Å². The Bertz CT molecular complexity index is 453. The van der Waals surface area contributed by atoms with E-state index in [1.807, 2.05) is 11.8 Å². The van der Waals surface area contributed by atoms with Gasteiger partial charge in [-0.2, -0.15) is 0 Å². The highest BCUT2D eigenvalue weighted by Crippen LogP contribution is 2.25. The van der Waals surface area contributed by atoms with Gasteiger partial charge in [0.05, 0.1) is 18.3 Å². The van der Waals surface area contributed by atoms with Crippen LogP contribution in [0.1, 0.15) is 12.7 Å². The Labute approximate surface area is 105 Å². The third-order valence-corrected chi connectivity index (χ3v) is 3.25. The minimum absolute atomic E-state index is 0.284. The Morgan fingerprint density at radius 1 is 1.72 bits per heavy atom. The maximum atomic E-state index is 11.7. The molecule has 1 aliphatic rings. The molecule has 0 radical (unpaired) electrons. The molecule has 0 spiro atoms. The van der Waals surface area contributed by atoms with Crippen molar-refractivity contribution in [1.82, 2.24) is 10.2 Å². The number of likely N-dealkylation sites (N-methyl/N-ethyl adjacent to an activating group) is 1. The lowest BCUT2D eigenvalue weighted by molar-refractivity contribution is -0.132. The zero-order valence-electron chi connectivity index (χ0n) is 10.3. The fourth-order valence-electron chi connectivity index (χ4n) is 2.29. The number of nitrogens with zero attached hydrogens (tertiary/aromatic N) is 1. The van der Waals surface area contributed by atoms with Crippen LogP contribution in [0.2, 0.25) is 0 Å². The number of ketones is 1. The molecule has 0 aromatic carbocycles. The van der Waals surface area contributed by atoms with Gasteiger partial charge in [0.25, 0.3) is 0 Å². The highest BCUT2D eigenvalue weighted by Gasteiger charge is 2.40. The van der Waals surface area contributed by atoms with Gasteiger partial charge in [-0.15, -0.1) is 0 Å². The molecule has 2 unspecified atom stereocenters. The fourth-order valence-corrected chi connectivity index (χ4v) is 2.29. The summed E-state index contributed by atoms with van der Waals surface area (Å²) in [4.78, 5) is 24.4. The van der Waals surface area contributed by atoms with Gasteiger partial charge in [-0.1, -0.05) is 13.5 Å². The third kappa shape index (κ3) is 2.14. The zero-order chi connectivity index (χ0) is 13.1. The van der Waals surface area contributed by atoms with Gasteiger partial charge in [-0.05, 0) is 18.7 Å². The van der Waals surface area contributed by atoms with E-state index in [2.05, 4.69) is 11.9 Å². The minimum atomic E-state index is -0.495. The fraction of sp³-hybridized carbons (Fsp3) is 0.385. The molecule has 1 saturated heterocycles. The van der Waals surface area contributed by atoms with E-state index in [0.29, 0.717) is 30.8 Å². The Kier molecular flexibility index (Phi) is 3.74. The van der Waals surface area contributed by atoms with Crippen LogP contribution in [0.15, 0.2) is 29.4 Å². The second kappa shape index (κ2) is 5.29. The van der Waals surface area contributed by atoms with Gasteiger partial charge >= 0.3 is 0 Å². The van der Waals surface area contributed by atoms with Crippen molar-refractivity contribution in [2.75, 3.05) is 13.2 Å². The molecule has 0 amide bonds. The number of carbonyl (C=O) groups is 2. The number of carbonyl (C=O) groups excluding carboxylic acids is 2. The van der Waals surface area contributed by atoms with Crippen LogP contribution in [0, 0.1) is 0 Å². The molecular formula is C13H16N2O3. The largest absolute Gasteiger partial charge is 0.465 e. The molecule has 1 aliphatic heterocycles. The molecule has 5 nitrogen and oxygen atoms in total. The van der Waals surface area contributed by atoms with Crippen molar-refractivity contribution in [1.29, 1.82) is 0 Å². The molecule has 1 aromatic rings. The molecular weight excluding hydrogens is 232 g/mol. The summed E-state index contributed by atoms with van der Waals surface area (Å²) in [5.74, 6) is 0.203.